The Labute approximate surface area is 141 Å². The number of nitrogens with one attached hydrogen (secondary N) is 1. The fourth-order valence-corrected chi connectivity index (χ4v) is 2.86. The average Bonchev–Trinajstić information content (AvgIpc) is 2.48. The summed E-state index contributed by atoms with van der Waals surface area (Å²) in [6.07, 6.45) is -11.1. The summed E-state index contributed by atoms with van der Waals surface area (Å²) in [6.45, 7) is -1.55. The molecule has 0 radical (unpaired) electrons. The minimum atomic E-state index is -4.81. The number of pyridine rings is 1. The summed E-state index contributed by atoms with van der Waals surface area (Å²) in [7, 11) is 0. The lowest BCUT2D eigenvalue weighted by Crippen LogP contribution is -2.39. The van der Waals surface area contributed by atoms with E-state index >= 15 is 0 Å². The molecule has 1 aromatic heterocycles. The van der Waals surface area contributed by atoms with Crippen molar-refractivity contribution in [2.45, 2.75) is 18.8 Å². The van der Waals surface area contributed by atoms with Crippen LogP contribution >= 0.6 is 0 Å². The second-order valence-corrected chi connectivity index (χ2v) is 5.79. The predicted octanol–water partition coefficient (Wildman–Crippen LogP) is 3.53. The third-order valence-electron chi connectivity index (χ3n) is 3.84. The Morgan fingerprint density at radius 2 is 1.81 bits per heavy atom. The van der Waals surface area contributed by atoms with Crippen LogP contribution in [0.2, 0.25) is 0 Å². The molecule has 2 heterocycles. The van der Waals surface area contributed by atoms with Crippen molar-refractivity contribution < 1.29 is 35.5 Å². The largest absolute Gasteiger partial charge is 0.489 e. The van der Waals surface area contributed by atoms with Crippen molar-refractivity contribution in [2.24, 2.45) is 0 Å². The molecule has 1 aromatic carbocycles. The van der Waals surface area contributed by atoms with Crippen molar-refractivity contribution in [3.05, 3.63) is 33.9 Å². The number of alkyl halides is 6. The summed E-state index contributed by atoms with van der Waals surface area (Å²) in [5, 5.41) is -0.323. The number of hydrogen-bond acceptors (Lipinski definition) is 3. The van der Waals surface area contributed by atoms with Crippen molar-refractivity contribution in [1.82, 2.24) is 4.98 Å². The average molecular weight is 384 g/mol. The molecule has 2 aromatic rings. The number of aromatic amines is 1. The van der Waals surface area contributed by atoms with E-state index in [-0.39, 0.29) is 35.5 Å². The van der Waals surface area contributed by atoms with Crippen LogP contribution in [0, 0.1) is 5.82 Å². The zero-order chi connectivity index (χ0) is 19.3. The number of benzene rings is 1. The Morgan fingerprint density at radius 1 is 1.12 bits per heavy atom. The normalized spacial score (nSPS) is 15.1. The highest BCUT2D eigenvalue weighted by Crippen LogP contribution is 2.38. The summed E-state index contributed by atoms with van der Waals surface area (Å²) in [5.41, 5.74) is -2.53. The number of anilines is 1. The predicted molar refractivity (Wildman–Crippen MR) is 78.0 cm³/mol. The number of fused-ring (bicyclic) bond motifs is 2. The lowest BCUT2D eigenvalue weighted by molar-refractivity contribution is -0.127. The molecule has 3 rings (SSSR count). The molecule has 0 aliphatic carbocycles. The molecule has 1 aliphatic heterocycles. The molecular formula is C15H11F7N2O2. The maximum absolute atomic E-state index is 14.0. The van der Waals surface area contributed by atoms with Crippen molar-refractivity contribution in [2.75, 3.05) is 24.6 Å². The van der Waals surface area contributed by atoms with Crippen molar-refractivity contribution in [1.29, 1.82) is 0 Å². The Morgan fingerprint density at radius 3 is 2.42 bits per heavy atom. The van der Waals surface area contributed by atoms with Crippen LogP contribution in [0.1, 0.15) is 5.56 Å². The summed E-state index contributed by atoms with van der Waals surface area (Å²) < 4.78 is 95.7. The van der Waals surface area contributed by atoms with Crippen LogP contribution in [0.3, 0.4) is 0 Å². The van der Waals surface area contributed by atoms with Gasteiger partial charge in [0.25, 0.3) is 5.56 Å². The molecule has 0 unspecified atom stereocenters. The van der Waals surface area contributed by atoms with E-state index in [4.69, 9.17) is 4.74 Å². The maximum Gasteiger partial charge on any atom is 0.405 e. The molecule has 0 fully saturated rings. The van der Waals surface area contributed by atoms with Gasteiger partial charge in [0.2, 0.25) is 0 Å². The van der Waals surface area contributed by atoms with Gasteiger partial charge in [0.05, 0.1) is 24.2 Å². The molecule has 0 bridgehead atoms. The number of aromatic nitrogens is 1. The van der Waals surface area contributed by atoms with Gasteiger partial charge in [0, 0.05) is 17.0 Å². The van der Waals surface area contributed by atoms with E-state index in [1.165, 1.54) is 0 Å². The third-order valence-corrected chi connectivity index (χ3v) is 3.84. The van der Waals surface area contributed by atoms with Crippen LogP contribution < -0.4 is 15.2 Å². The topological polar surface area (TPSA) is 45.3 Å². The zero-order valence-corrected chi connectivity index (χ0v) is 12.9. The van der Waals surface area contributed by atoms with Gasteiger partial charge in [-0.25, -0.2) is 4.39 Å². The third kappa shape index (κ3) is 3.70. The van der Waals surface area contributed by atoms with Gasteiger partial charge in [-0.05, 0) is 6.07 Å². The van der Waals surface area contributed by atoms with Crippen LogP contribution in [-0.2, 0) is 6.42 Å². The molecular weight excluding hydrogens is 373 g/mol. The van der Waals surface area contributed by atoms with Crippen LogP contribution in [0.25, 0.3) is 10.9 Å². The van der Waals surface area contributed by atoms with Gasteiger partial charge in [-0.1, -0.05) is 0 Å². The fourth-order valence-electron chi connectivity index (χ4n) is 2.86. The van der Waals surface area contributed by atoms with Crippen molar-refractivity contribution in [3.63, 3.8) is 0 Å². The first kappa shape index (κ1) is 18.3. The lowest BCUT2D eigenvalue weighted by atomic mass is 10.0. The van der Waals surface area contributed by atoms with Crippen LogP contribution in [0.15, 0.2) is 16.9 Å². The van der Waals surface area contributed by atoms with E-state index in [0.717, 1.165) is 17.0 Å². The van der Waals surface area contributed by atoms with Crippen LogP contribution in [0.5, 0.6) is 5.75 Å². The minimum Gasteiger partial charge on any atom is -0.489 e. The summed E-state index contributed by atoms with van der Waals surface area (Å²) >= 11 is 0. The van der Waals surface area contributed by atoms with E-state index < -0.39 is 42.3 Å². The highest BCUT2D eigenvalue weighted by Gasteiger charge is 2.35. The first-order valence-corrected chi connectivity index (χ1v) is 7.34. The summed E-state index contributed by atoms with van der Waals surface area (Å²) in [4.78, 5) is 14.5. The smallest absolute Gasteiger partial charge is 0.405 e. The standard InChI is InChI=1S/C15H11F7N2O2/c16-12-8(5-14(17,18)19)7-3-10-11(4-9(7)23-13(12)25)26-2-1-24(10)6-15(20,21)22/h3-4H,1-2,5-6H2,(H,23,25). The quantitative estimate of drug-likeness (QED) is 0.806. The minimum absolute atomic E-state index is 0.0341. The number of halogens is 7. The molecule has 26 heavy (non-hydrogen) atoms. The van der Waals surface area contributed by atoms with Crippen molar-refractivity contribution >= 4 is 16.6 Å². The highest BCUT2D eigenvalue weighted by molar-refractivity contribution is 5.89. The van der Waals surface area contributed by atoms with E-state index in [0.29, 0.717) is 0 Å². The monoisotopic (exact) mass is 384 g/mol. The molecule has 4 nitrogen and oxygen atoms in total. The highest BCUT2D eigenvalue weighted by atomic mass is 19.4. The molecule has 0 atom stereocenters. The van der Waals surface area contributed by atoms with Gasteiger partial charge in [-0.15, -0.1) is 0 Å². The number of nitrogens with zero attached hydrogens (tertiary/aromatic N) is 1. The number of H-pyrrole nitrogens is 1. The van der Waals surface area contributed by atoms with Gasteiger partial charge in [0.15, 0.2) is 5.82 Å². The van der Waals surface area contributed by atoms with Gasteiger partial charge in [-0.3, -0.25) is 4.79 Å². The molecule has 1 aliphatic rings. The molecule has 0 spiro atoms. The summed E-state index contributed by atoms with van der Waals surface area (Å²) in [5.74, 6) is -1.65. The molecule has 0 saturated carbocycles. The molecule has 0 amide bonds. The summed E-state index contributed by atoms with van der Waals surface area (Å²) in [6, 6.07) is 2.09. The van der Waals surface area contributed by atoms with Crippen LogP contribution in [0.4, 0.5) is 36.4 Å². The van der Waals surface area contributed by atoms with E-state index in [1.807, 2.05) is 0 Å². The molecule has 11 heteroatoms. The lowest BCUT2D eigenvalue weighted by Gasteiger charge is -2.32. The van der Waals surface area contributed by atoms with Crippen LogP contribution in [-0.4, -0.2) is 37.0 Å². The van der Waals surface area contributed by atoms with Crippen molar-refractivity contribution in [3.8, 4) is 5.75 Å². The number of ether oxygens (including phenoxy) is 1. The Kier molecular flexibility index (Phi) is 4.27. The zero-order valence-electron chi connectivity index (χ0n) is 12.9. The first-order chi connectivity index (χ1) is 11.9. The Hall–Kier alpha value is -2.46. The molecule has 1 N–H and O–H groups in total. The van der Waals surface area contributed by atoms with Gasteiger partial charge in [0.1, 0.15) is 18.9 Å². The van der Waals surface area contributed by atoms with E-state index in [2.05, 4.69) is 4.98 Å². The molecule has 0 saturated heterocycles. The van der Waals surface area contributed by atoms with Gasteiger partial charge >= 0.3 is 12.4 Å². The fraction of sp³-hybridized carbons (Fsp3) is 0.400. The Balaban J connectivity index is 2.21. The Bertz CT molecular complexity index is 902. The van der Waals surface area contributed by atoms with E-state index in [1.54, 1.807) is 0 Å². The number of hydrogen-bond donors (Lipinski definition) is 1. The second kappa shape index (κ2) is 6.06. The maximum atomic E-state index is 14.0. The second-order valence-electron chi connectivity index (χ2n) is 5.79. The number of rotatable bonds is 2. The van der Waals surface area contributed by atoms with Gasteiger partial charge in [-0.2, -0.15) is 26.3 Å². The molecule has 142 valence electrons. The van der Waals surface area contributed by atoms with E-state index in [9.17, 15) is 35.5 Å². The SMILES string of the molecule is O=c1[nH]c2cc3c(cc2c(CC(F)(F)F)c1F)N(CC(F)(F)F)CCO3. The van der Waals surface area contributed by atoms with Gasteiger partial charge < -0.3 is 14.6 Å². The first-order valence-electron chi connectivity index (χ1n) is 7.34.